The van der Waals surface area contributed by atoms with Gasteiger partial charge in [0.15, 0.2) is 0 Å². The van der Waals surface area contributed by atoms with E-state index in [0.29, 0.717) is 0 Å². The standard InChI is InChI=1S/C26H38N2O2/c1-4-5-20-30-25-12-10-24(11-13-25)27(3)17-14-26(29)15-18-28(19-16-26)21-23-8-6-22(2)7-9-23/h6-13,29H,4-5,14-21H2,1-3H3. The second-order valence-corrected chi connectivity index (χ2v) is 8.85. The van der Waals surface area contributed by atoms with Gasteiger partial charge in [0.1, 0.15) is 5.75 Å². The smallest absolute Gasteiger partial charge is 0.119 e. The maximum absolute atomic E-state index is 11.1. The van der Waals surface area contributed by atoms with Gasteiger partial charge in [-0.25, -0.2) is 0 Å². The third-order valence-electron chi connectivity index (χ3n) is 6.27. The average molecular weight is 411 g/mol. The van der Waals surface area contributed by atoms with E-state index in [4.69, 9.17) is 4.74 Å². The molecule has 1 heterocycles. The number of likely N-dealkylation sites (tertiary alicyclic amines) is 1. The fourth-order valence-electron chi connectivity index (χ4n) is 3.97. The van der Waals surface area contributed by atoms with Gasteiger partial charge < -0.3 is 14.7 Å². The van der Waals surface area contributed by atoms with E-state index in [1.807, 2.05) is 12.1 Å². The maximum Gasteiger partial charge on any atom is 0.119 e. The molecule has 0 spiro atoms. The number of benzene rings is 2. The van der Waals surface area contributed by atoms with Crippen LogP contribution in [0.25, 0.3) is 0 Å². The molecule has 1 aliphatic rings. The molecule has 0 aromatic heterocycles. The van der Waals surface area contributed by atoms with Gasteiger partial charge in [0.25, 0.3) is 0 Å². The summed E-state index contributed by atoms with van der Waals surface area (Å²) in [7, 11) is 2.10. The molecule has 0 atom stereocenters. The summed E-state index contributed by atoms with van der Waals surface area (Å²) >= 11 is 0. The third-order valence-corrected chi connectivity index (χ3v) is 6.27. The first-order valence-corrected chi connectivity index (χ1v) is 11.4. The molecule has 30 heavy (non-hydrogen) atoms. The van der Waals surface area contributed by atoms with Crippen molar-refractivity contribution in [1.29, 1.82) is 0 Å². The molecule has 2 aromatic rings. The Bertz CT molecular complexity index is 750. The molecule has 1 aliphatic heterocycles. The van der Waals surface area contributed by atoms with Crippen molar-refractivity contribution in [1.82, 2.24) is 4.90 Å². The van der Waals surface area contributed by atoms with Crippen LogP contribution in [0.4, 0.5) is 5.69 Å². The fourth-order valence-corrected chi connectivity index (χ4v) is 3.97. The molecule has 4 nitrogen and oxygen atoms in total. The minimum absolute atomic E-state index is 0.554. The van der Waals surface area contributed by atoms with Gasteiger partial charge in [0.05, 0.1) is 12.2 Å². The minimum atomic E-state index is -0.554. The van der Waals surface area contributed by atoms with Gasteiger partial charge >= 0.3 is 0 Å². The Morgan fingerprint density at radius 3 is 2.33 bits per heavy atom. The van der Waals surface area contributed by atoms with E-state index in [1.54, 1.807) is 0 Å². The summed E-state index contributed by atoms with van der Waals surface area (Å²) in [6.45, 7) is 8.81. The van der Waals surface area contributed by atoms with Crippen LogP contribution in [0.5, 0.6) is 5.75 Å². The number of anilines is 1. The molecule has 0 unspecified atom stereocenters. The molecular formula is C26H38N2O2. The molecule has 0 saturated carbocycles. The molecule has 0 radical (unpaired) electrons. The lowest BCUT2D eigenvalue weighted by atomic mass is 9.88. The largest absolute Gasteiger partial charge is 0.494 e. The van der Waals surface area contributed by atoms with Gasteiger partial charge in [-0.2, -0.15) is 0 Å². The average Bonchev–Trinajstić information content (AvgIpc) is 2.76. The van der Waals surface area contributed by atoms with Crippen molar-refractivity contribution in [2.75, 3.05) is 38.2 Å². The third kappa shape index (κ3) is 6.75. The number of aliphatic hydroxyl groups is 1. The first-order valence-electron chi connectivity index (χ1n) is 11.4. The number of rotatable bonds is 10. The Balaban J connectivity index is 1.42. The van der Waals surface area contributed by atoms with E-state index in [0.717, 1.165) is 70.6 Å². The van der Waals surface area contributed by atoms with E-state index in [-0.39, 0.29) is 0 Å². The molecule has 164 valence electrons. The lowest BCUT2D eigenvalue weighted by molar-refractivity contribution is -0.0275. The number of aryl methyl sites for hydroxylation is 1. The fraction of sp³-hybridized carbons (Fsp3) is 0.538. The van der Waals surface area contributed by atoms with Crippen molar-refractivity contribution in [3.05, 3.63) is 59.7 Å². The van der Waals surface area contributed by atoms with Crippen LogP contribution in [0.3, 0.4) is 0 Å². The number of unbranched alkanes of at least 4 members (excludes halogenated alkanes) is 1. The Hall–Kier alpha value is -2.04. The van der Waals surface area contributed by atoms with Gasteiger partial charge in [-0.15, -0.1) is 0 Å². The highest BCUT2D eigenvalue weighted by Gasteiger charge is 2.32. The number of hydrogen-bond acceptors (Lipinski definition) is 4. The number of ether oxygens (including phenoxy) is 1. The van der Waals surface area contributed by atoms with Crippen molar-refractivity contribution in [2.45, 2.75) is 58.1 Å². The summed E-state index contributed by atoms with van der Waals surface area (Å²) in [6, 6.07) is 17.1. The molecular weight excluding hydrogens is 372 g/mol. The number of piperidine rings is 1. The molecule has 1 N–H and O–H groups in total. The summed E-state index contributed by atoms with van der Waals surface area (Å²) in [6.07, 6.45) is 4.72. The molecule has 0 amide bonds. The molecule has 1 fully saturated rings. The minimum Gasteiger partial charge on any atom is -0.494 e. The van der Waals surface area contributed by atoms with Gasteiger partial charge in [-0.3, -0.25) is 4.90 Å². The van der Waals surface area contributed by atoms with Crippen molar-refractivity contribution in [2.24, 2.45) is 0 Å². The zero-order valence-electron chi connectivity index (χ0n) is 18.9. The topological polar surface area (TPSA) is 35.9 Å². The van der Waals surface area contributed by atoms with Crippen LogP contribution in [0.15, 0.2) is 48.5 Å². The van der Waals surface area contributed by atoms with Crippen LogP contribution in [-0.4, -0.2) is 48.9 Å². The molecule has 1 saturated heterocycles. The van der Waals surface area contributed by atoms with Gasteiger partial charge in [0, 0.05) is 38.9 Å². The van der Waals surface area contributed by atoms with E-state index in [2.05, 4.69) is 67.1 Å². The first kappa shape index (κ1) is 22.6. The monoisotopic (exact) mass is 410 g/mol. The predicted molar refractivity (Wildman–Crippen MR) is 125 cm³/mol. The number of hydrogen-bond donors (Lipinski definition) is 1. The SMILES string of the molecule is CCCCOc1ccc(N(C)CCC2(O)CCN(Cc3ccc(C)cc3)CC2)cc1. The van der Waals surface area contributed by atoms with Crippen molar-refractivity contribution >= 4 is 5.69 Å². The normalized spacial score (nSPS) is 16.4. The Morgan fingerprint density at radius 1 is 1.03 bits per heavy atom. The van der Waals surface area contributed by atoms with Crippen LogP contribution in [0.2, 0.25) is 0 Å². The van der Waals surface area contributed by atoms with Crippen molar-refractivity contribution in [3.63, 3.8) is 0 Å². The number of nitrogens with zero attached hydrogens (tertiary/aromatic N) is 2. The van der Waals surface area contributed by atoms with Crippen LogP contribution < -0.4 is 9.64 Å². The van der Waals surface area contributed by atoms with Gasteiger partial charge in [-0.05, 0) is 62.4 Å². The Labute approximate surface area is 182 Å². The van der Waals surface area contributed by atoms with Gasteiger partial charge in [-0.1, -0.05) is 43.2 Å². The molecule has 3 rings (SSSR count). The molecule has 2 aromatic carbocycles. The second kappa shape index (κ2) is 10.8. The zero-order chi connectivity index (χ0) is 21.4. The Kier molecular flexibility index (Phi) is 8.17. The summed E-state index contributed by atoms with van der Waals surface area (Å²) in [5.41, 5.74) is 3.27. The van der Waals surface area contributed by atoms with Crippen molar-refractivity contribution in [3.8, 4) is 5.75 Å². The predicted octanol–water partition coefficient (Wildman–Crippen LogP) is 5.03. The van der Waals surface area contributed by atoms with Crippen LogP contribution in [-0.2, 0) is 6.54 Å². The van der Waals surface area contributed by atoms with Crippen LogP contribution >= 0.6 is 0 Å². The highest BCUT2D eigenvalue weighted by Crippen LogP contribution is 2.28. The Morgan fingerprint density at radius 2 is 1.70 bits per heavy atom. The molecule has 0 bridgehead atoms. The maximum atomic E-state index is 11.1. The molecule has 0 aliphatic carbocycles. The highest BCUT2D eigenvalue weighted by molar-refractivity contribution is 5.48. The van der Waals surface area contributed by atoms with E-state index in [9.17, 15) is 5.11 Å². The first-order chi connectivity index (χ1) is 14.5. The summed E-state index contributed by atoms with van der Waals surface area (Å²) < 4.78 is 5.75. The van der Waals surface area contributed by atoms with E-state index < -0.39 is 5.60 Å². The zero-order valence-corrected chi connectivity index (χ0v) is 18.9. The lowest BCUT2D eigenvalue weighted by Gasteiger charge is -2.39. The van der Waals surface area contributed by atoms with Crippen LogP contribution in [0.1, 0.15) is 50.2 Å². The van der Waals surface area contributed by atoms with Crippen LogP contribution in [0, 0.1) is 6.92 Å². The summed E-state index contributed by atoms with van der Waals surface area (Å²) in [4.78, 5) is 4.69. The molecule has 4 heteroatoms. The summed E-state index contributed by atoms with van der Waals surface area (Å²) in [5.74, 6) is 0.931. The van der Waals surface area contributed by atoms with Gasteiger partial charge in [0.2, 0.25) is 0 Å². The highest BCUT2D eigenvalue weighted by atomic mass is 16.5. The summed E-state index contributed by atoms with van der Waals surface area (Å²) in [5, 5.41) is 11.1. The van der Waals surface area contributed by atoms with E-state index >= 15 is 0 Å². The van der Waals surface area contributed by atoms with E-state index in [1.165, 1.54) is 16.8 Å². The van der Waals surface area contributed by atoms with Crippen molar-refractivity contribution < 1.29 is 9.84 Å². The lowest BCUT2D eigenvalue weighted by Crippen LogP contribution is -2.45. The quantitative estimate of drug-likeness (QED) is 0.558. The second-order valence-electron chi connectivity index (χ2n) is 8.85.